The second-order valence-electron chi connectivity index (χ2n) is 3.81. The van der Waals surface area contributed by atoms with Crippen molar-refractivity contribution in [2.45, 2.75) is 0 Å². The zero-order valence-corrected chi connectivity index (χ0v) is 9.95. The summed E-state index contributed by atoms with van der Waals surface area (Å²) in [4.78, 5) is 33.6. The highest BCUT2D eigenvalue weighted by molar-refractivity contribution is 6.06. The van der Waals surface area contributed by atoms with Crippen LogP contribution < -0.4 is 5.32 Å². The van der Waals surface area contributed by atoms with Gasteiger partial charge in [0.05, 0.1) is 22.9 Å². The monoisotopic (exact) mass is 275 g/mol. The van der Waals surface area contributed by atoms with Gasteiger partial charge in [-0.15, -0.1) is 0 Å². The largest absolute Gasteiger partial charge is 0.478 e. The van der Waals surface area contributed by atoms with E-state index in [9.17, 15) is 14.4 Å². The number of benzene rings is 1. The first kappa shape index (κ1) is 13.3. The molecule has 2 aromatic rings. The number of nitrogens with one attached hydrogen (secondary N) is 2. The Kier molecular flexibility index (Phi) is 3.47. The van der Waals surface area contributed by atoms with Gasteiger partial charge in [-0.2, -0.15) is 5.10 Å². The standard InChI is InChI=1S/C12H9N3O5/c16-10(6-4-13-14-5-6)15-7-1-2-8(11(17)18)9(3-7)12(19)20/h1-5H,(H,13,14)(H,15,16)(H,17,18)(H,19,20). The molecule has 0 bridgehead atoms. The minimum absolute atomic E-state index is 0.179. The summed E-state index contributed by atoms with van der Waals surface area (Å²) in [5.74, 6) is -3.23. The van der Waals surface area contributed by atoms with Gasteiger partial charge in [0.25, 0.3) is 5.91 Å². The first-order valence-corrected chi connectivity index (χ1v) is 5.40. The van der Waals surface area contributed by atoms with E-state index in [-0.39, 0.29) is 16.8 Å². The van der Waals surface area contributed by atoms with Crippen LogP contribution in [0, 0.1) is 0 Å². The zero-order chi connectivity index (χ0) is 14.7. The molecule has 0 aliphatic heterocycles. The van der Waals surface area contributed by atoms with Gasteiger partial charge >= 0.3 is 11.9 Å². The minimum Gasteiger partial charge on any atom is -0.478 e. The number of hydrogen-bond donors (Lipinski definition) is 4. The molecule has 1 aromatic carbocycles. The van der Waals surface area contributed by atoms with Crippen molar-refractivity contribution in [1.29, 1.82) is 0 Å². The third kappa shape index (κ3) is 2.64. The first-order valence-electron chi connectivity index (χ1n) is 5.40. The van der Waals surface area contributed by atoms with Crippen LogP contribution in [0.3, 0.4) is 0 Å². The Morgan fingerprint density at radius 2 is 1.80 bits per heavy atom. The van der Waals surface area contributed by atoms with Gasteiger partial charge in [-0.25, -0.2) is 9.59 Å². The number of carboxylic acid groups (broad SMARTS) is 2. The number of amides is 1. The predicted octanol–water partition coefficient (Wildman–Crippen LogP) is 1.06. The SMILES string of the molecule is O=C(Nc1ccc(C(=O)O)c(C(=O)O)c1)c1cn[nH]c1. The highest BCUT2D eigenvalue weighted by Gasteiger charge is 2.17. The number of carboxylic acids is 2. The average Bonchev–Trinajstić information content (AvgIpc) is 2.92. The summed E-state index contributed by atoms with van der Waals surface area (Å²) in [6, 6.07) is 3.52. The molecule has 0 unspecified atom stereocenters. The molecule has 102 valence electrons. The van der Waals surface area contributed by atoms with Gasteiger partial charge in [-0.05, 0) is 18.2 Å². The summed E-state index contributed by atoms with van der Waals surface area (Å²) in [7, 11) is 0. The lowest BCUT2D eigenvalue weighted by Gasteiger charge is -2.07. The highest BCUT2D eigenvalue weighted by atomic mass is 16.4. The Morgan fingerprint density at radius 1 is 1.10 bits per heavy atom. The number of H-pyrrole nitrogens is 1. The number of carbonyl (C=O) groups is 3. The molecule has 1 heterocycles. The molecule has 0 aliphatic rings. The molecule has 1 amide bonds. The minimum atomic E-state index is -1.39. The van der Waals surface area contributed by atoms with Crippen molar-refractivity contribution in [3.8, 4) is 0 Å². The predicted molar refractivity (Wildman–Crippen MR) is 66.9 cm³/mol. The van der Waals surface area contributed by atoms with Gasteiger partial charge in [0, 0.05) is 11.9 Å². The number of hydrogen-bond acceptors (Lipinski definition) is 4. The summed E-state index contributed by atoms with van der Waals surface area (Å²) in [5, 5.41) is 26.4. The molecule has 0 radical (unpaired) electrons. The first-order chi connectivity index (χ1) is 9.49. The smallest absolute Gasteiger partial charge is 0.336 e. The summed E-state index contributed by atoms with van der Waals surface area (Å²) >= 11 is 0. The van der Waals surface area contributed by atoms with Crippen molar-refractivity contribution < 1.29 is 24.6 Å². The highest BCUT2D eigenvalue weighted by Crippen LogP contribution is 2.17. The number of aromatic amines is 1. The lowest BCUT2D eigenvalue weighted by molar-refractivity contribution is 0.0651. The Morgan fingerprint density at radius 3 is 2.35 bits per heavy atom. The molecular formula is C12H9N3O5. The van der Waals surface area contributed by atoms with Gasteiger partial charge in [0.1, 0.15) is 0 Å². The molecule has 4 N–H and O–H groups in total. The Bertz CT molecular complexity index is 678. The Labute approximate surface area is 112 Å². The fourth-order valence-corrected chi connectivity index (χ4v) is 1.56. The molecular weight excluding hydrogens is 266 g/mol. The third-order valence-electron chi connectivity index (χ3n) is 2.50. The van der Waals surface area contributed by atoms with Crippen LogP contribution in [0.15, 0.2) is 30.6 Å². The molecule has 1 aromatic heterocycles. The van der Waals surface area contributed by atoms with E-state index < -0.39 is 23.4 Å². The van der Waals surface area contributed by atoms with Gasteiger partial charge < -0.3 is 15.5 Å². The van der Waals surface area contributed by atoms with Gasteiger partial charge in [-0.1, -0.05) is 0 Å². The summed E-state index contributed by atoms with van der Waals surface area (Å²) < 4.78 is 0. The molecule has 0 spiro atoms. The lowest BCUT2D eigenvalue weighted by atomic mass is 10.1. The van der Waals surface area contributed by atoms with Crippen LogP contribution in [0.25, 0.3) is 0 Å². The molecule has 0 atom stereocenters. The van der Waals surface area contributed by atoms with Gasteiger partial charge in [0.2, 0.25) is 0 Å². The maximum Gasteiger partial charge on any atom is 0.336 e. The second-order valence-corrected chi connectivity index (χ2v) is 3.81. The fourth-order valence-electron chi connectivity index (χ4n) is 1.56. The van der Waals surface area contributed by atoms with Gasteiger partial charge in [-0.3, -0.25) is 9.89 Å². The van der Waals surface area contributed by atoms with E-state index in [1.54, 1.807) is 0 Å². The van der Waals surface area contributed by atoms with Crippen LogP contribution in [-0.4, -0.2) is 38.3 Å². The molecule has 0 saturated carbocycles. The topological polar surface area (TPSA) is 132 Å². The molecule has 0 saturated heterocycles. The maximum atomic E-state index is 11.7. The maximum absolute atomic E-state index is 11.7. The average molecular weight is 275 g/mol. The molecule has 2 rings (SSSR count). The number of aromatic nitrogens is 2. The lowest BCUT2D eigenvalue weighted by Crippen LogP contribution is -2.13. The van der Waals surface area contributed by atoms with Crippen LogP contribution >= 0.6 is 0 Å². The van der Waals surface area contributed by atoms with Crippen LogP contribution in [0.1, 0.15) is 31.1 Å². The van der Waals surface area contributed by atoms with Crippen molar-refractivity contribution in [2.24, 2.45) is 0 Å². The number of nitrogens with zero attached hydrogens (tertiary/aromatic N) is 1. The van der Waals surface area contributed by atoms with E-state index in [1.165, 1.54) is 18.5 Å². The number of carbonyl (C=O) groups excluding carboxylic acids is 1. The Hall–Kier alpha value is -3.16. The second kappa shape index (κ2) is 5.22. The van der Waals surface area contributed by atoms with E-state index in [2.05, 4.69) is 15.5 Å². The van der Waals surface area contributed by atoms with Crippen molar-refractivity contribution >= 4 is 23.5 Å². The normalized spacial score (nSPS) is 10.0. The van der Waals surface area contributed by atoms with Crippen LogP contribution in [0.4, 0.5) is 5.69 Å². The Balaban J connectivity index is 2.30. The fraction of sp³-hybridized carbons (Fsp3) is 0. The summed E-state index contributed by atoms with van der Waals surface area (Å²) in [6.45, 7) is 0. The van der Waals surface area contributed by atoms with Crippen molar-refractivity contribution in [3.63, 3.8) is 0 Å². The number of anilines is 1. The van der Waals surface area contributed by atoms with Crippen LogP contribution in [0.2, 0.25) is 0 Å². The number of aromatic carboxylic acids is 2. The van der Waals surface area contributed by atoms with E-state index in [4.69, 9.17) is 10.2 Å². The van der Waals surface area contributed by atoms with E-state index in [0.717, 1.165) is 12.1 Å². The van der Waals surface area contributed by atoms with Crippen molar-refractivity contribution in [1.82, 2.24) is 10.2 Å². The quantitative estimate of drug-likeness (QED) is 0.659. The van der Waals surface area contributed by atoms with E-state index >= 15 is 0 Å². The molecule has 20 heavy (non-hydrogen) atoms. The van der Waals surface area contributed by atoms with Gasteiger partial charge in [0.15, 0.2) is 0 Å². The van der Waals surface area contributed by atoms with Crippen molar-refractivity contribution in [3.05, 3.63) is 47.3 Å². The van der Waals surface area contributed by atoms with Crippen LogP contribution in [-0.2, 0) is 0 Å². The van der Waals surface area contributed by atoms with Crippen molar-refractivity contribution in [2.75, 3.05) is 5.32 Å². The zero-order valence-electron chi connectivity index (χ0n) is 9.95. The summed E-state index contributed by atoms with van der Waals surface area (Å²) in [5.41, 5.74) is -0.302. The van der Waals surface area contributed by atoms with E-state index in [1.807, 2.05) is 0 Å². The third-order valence-corrected chi connectivity index (χ3v) is 2.50. The van der Waals surface area contributed by atoms with Crippen LogP contribution in [0.5, 0.6) is 0 Å². The molecule has 8 nitrogen and oxygen atoms in total. The molecule has 0 fully saturated rings. The number of rotatable bonds is 4. The molecule has 8 heteroatoms. The summed E-state index contributed by atoms with van der Waals surface area (Å²) in [6.07, 6.45) is 2.68. The van der Waals surface area contributed by atoms with E-state index in [0.29, 0.717) is 0 Å². The molecule has 0 aliphatic carbocycles.